The first-order chi connectivity index (χ1) is 14.8. The fourth-order valence-corrected chi connectivity index (χ4v) is 3.80. The Morgan fingerprint density at radius 2 is 1.65 bits per heavy atom. The highest BCUT2D eigenvalue weighted by molar-refractivity contribution is 5.81. The zero-order chi connectivity index (χ0) is 22.9. The van der Waals surface area contributed by atoms with E-state index < -0.39 is 11.4 Å². The van der Waals surface area contributed by atoms with E-state index in [1.807, 2.05) is 6.07 Å². The highest BCUT2D eigenvalue weighted by Crippen LogP contribution is 2.42. The van der Waals surface area contributed by atoms with Crippen LogP contribution in [-0.4, -0.2) is 11.9 Å². The number of esters is 2. The molecular weight excluding hydrogens is 392 g/mol. The Labute approximate surface area is 185 Å². The molecule has 0 heterocycles. The lowest BCUT2D eigenvalue weighted by molar-refractivity contribution is -0.142. The van der Waals surface area contributed by atoms with Crippen molar-refractivity contribution >= 4 is 11.9 Å². The lowest BCUT2D eigenvalue weighted by atomic mass is 9.69. The molecule has 0 bridgehead atoms. The third-order valence-electron chi connectivity index (χ3n) is 6.43. The van der Waals surface area contributed by atoms with Crippen LogP contribution in [0.5, 0.6) is 11.5 Å². The van der Waals surface area contributed by atoms with E-state index in [1.54, 1.807) is 38.1 Å². The van der Waals surface area contributed by atoms with Crippen molar-refractivity contribution in [1.29, 1.82) is 10.5 Å². The molecule has 0 aliphatic heterocycles. The zero-order valence-corrected chi connectivity index (χ0v) is 18.8. The minimum Gasteiger partial charge on any atom is -0.426 e. The van der Waals surface area contributed by atoms with Crippen molar-refractivity contribution in [3.8, 4) is 23.6 Å². The van der Waals surface area contributed by atoms with Crippen LogP contribution < -0.4 is 9.47 Å². The van der Waals surface area contributed by atoms with Gasteiger partial charge in [0.05, 0.1) is 23.5 Å². The molecule has 6 nitrogen and oxygen atoms in total. The molecule has 1 fully saturated rings. The second-order valence-corrected chi connectivity index (χ2v) is 8.70. The van der Waals surface area contributed by atoms with Crippen LogP contribution in [0.25, 0.3) is 0 Å². The number of hydrogen-bond acceptors (Lipinski definition) is 6. The third-order valence-corrected chi connectivity index (χ3v) is 6.43. The first-order valence-electron chi connectivity index (χ1n) is 11.2. The van der Waals surface area contributed by atoms with Crippen molar-refractivity contribution in [2.24, 2.45) is 16.7 Å². The number of unbranched alkanes of at least 4 members (excludes halogenated alkanes) is 2. The molecule has 6 heteroatoms. The molecule has 2 rings (SSSR count). The van der Waals surface area contributed by atoms with Gasteiger partial charge in [-0.05, 0) is 69.7 Å². The lowest BCUT2D eigenvalue weighted by Crippen LogP contribution is -2.31. The average Bonchev–Trinajstić information content (AvgIpc) is 2.80. The summed E-state index contributed by atoms with van der Waals surface area (Å²) >= 11 is 0. The van der Waals surface area contributed by atoms with E-state index in [0.717, 1.165) is 38.5 Å². The molecule has 0 radical (unpaired) electrons. The van der Waals surface area contributed by atoms with Crippen LogP contribution in [0.15, 0.2) is 24.3 Å². The summed E-state index contributed by atoms with van der Waals surface area (Å²) < 4.78 is 10.8. The van der Waals surface area contributed by atoms with Crippen LogP contribution in [0.4, 0.5) is 0 Å². The van der Waals surface area contributed by atoms with Gasteiger partial charge in [-0.3, -0.25) is 4.79 Å². The number of benzene rings is 1. The number of carbonyl (C=O) groups excluding carboxylic acids is 2. The molecular formula is C25H32N2O4. The van der Waals surface area contributed by atoms with Crippen molar-refractivity contribution in [1.82, 2.24) is 0 Å². The van der Waals surface area contributed by atoms with Gasteiger partial charge in [0.1, 0.15) is 11.5 Å². The van der Waals surface area contributed by atoms with E-state index in [1.165, 1.54) is 0 Å². The van der Waals surface area contributed by atoms with Gasteiger partial charge in [-0.15, -0.1) is 0 Å². The summed E-state index contributed by atoms with van der Waals surface area (Å²) in [6, 6.07) is 10.7. The van der Waals surface area contributed by atoms with Crippen LogP contribution in [-0.2, 0) is 9.59 Å². The summed E-state index contributed by atoms with van der Waals surface area (Å²) in [5, 5.41) is 18.8. The number of ether oxygens (including phenoxy) is 2. The highest BCUT2D eigenvalue weighted by atomic mass is 16.5. The van der Waals surface area contributed by atoms with Gasteiger partial charge in [0.15, 0.2) is 5.41 Å². The predicted octanol–water partition coefficient (Wildman–Crippen LogP) is 5.72. The molecule has 0 aromatic heterocycles. The van der Waals surface area contributed by atoms with Gasteiger partial charge in [0.25, 0.3) is 0 Å². The summed E-state index contributed by atoms with van der Waals surface area (Å²) in [4.78, 5) is 24.7. The standard InChI is InChI=1S/C25H32N2O4/c1-4-6-7-14-25(18-27)15-12-19(13-16-25)22(28)30-20-8-10-21(11-9-20)31-23(29)24(3,5-2)17-26/h8-11,19H,4-7,12-16H2,1-3H3. The van der Waals surface area contributed by atoms with E-state index in [9.17, 15) is 20.1 Å². The van der Waals surface area contributed by atoms with E-state index >= 15 is 0 Å². The fourth-order valence-electron chi connectivity index (χ4n) is 3.80. The van der Waals surface area contributed by atoms with Crippen molar-refractivity contribution in [3.63, 3.8) is 0 Å². The highest BCUT2D eigenvalue weighted by Gasteiger charge is 2.38. The quantitative estimate of drug-likeness (QED) is 0.286. The molecule has 1 unspecified atom stereocenters. The Hall–Kier alpha value is -2.86. The molecule has 0 spiro atoms. The molecule has 1 aliphatic carbocycles. The van der Waals surface area contributed by atoms with E-state index in [0.29, 0.717) is 30.8 Å². The predicted molar refractivity (Wildman–Crippen MR) is 116 cm³/mol. The second kappa shape index (κ2) is 11.0. The molecule has 0 amide bonds. The summed E-state index contributed by atoms with van der Waals surface area (Å²) in [7, 11) is 0. The Kier molecular flexibility index (Phi) is 8.63. The topological polar surface area (TPSA) is 100 Å². The SMILES string of the molecule is CCCCCC1(C#N)CCC(C(=O)Oc2ccc(OC(=O)C(C)(C#N)CC)cc2)CC1. The van der Waals surface area contributed by atoms with E-state index in [-0.39, 0.29) is 17.3 Å². The molecule has 0 N–H and O–H groups in total. The molecule has 31 heavy (non-hydrogen) atoms. The number of nitriles is 2. The summed E-state index contributed by atoms with van der Waals surface area (Å²) in [5.74, 6) is -0.421. The first-order valence-corrected chi connectivity index (χ1v) is 11.2. The van der Waals surface area contributed by atoms with Gasteiger partial charge in [-0.1, -0.05) is 33.1 Å². The molecule has 1 saturated carbocycles. The number of rotatable bonds is 9. The van der Waals surface area contributed by atoms with Crippen molar-refractivity contribution in [2.45, 2.75) is 78.6 Å². The Balaban J connectivity index is 1.89. The molecule has 1 atom stereocenters. The van der Waals surface area contributed by atoms with Gasteiger partial charge >= 0.3 is 11.9 Å². The lowest BCUT2D eigenvalue weighted by Gasteiger charge is -2.34. The second-order valence-electron chi connectivity index (χ2n) is 8.70. The van der Waals surface area contributed by atoms with Gasteiger partial charge in [-0.25, -0.2) is 4.79 Å². The smallest absolute Gasteiger partial charge is 0.331 e. The summed E-state index contributed by atoms with van der Waals surface area (Å²) in [5.41, 5.74) is -1.49. The van der Waals surface area contributed by atoms with Gasteiger partial charge in [0.2, 0.25) is 0 Å². The van der Waals surface area contributed by atoms with Crippen LogP contribution >= 0.6 is 0 Å². The van der Waals surface area contributed by atoms with Crippen molar-refractivity contribution < 1.29 is 19.1 Å². The monoisotopic (exact) mass is 424 g/mol. The maximum atomic E-state index is 12.6. The van der Waals surface area contributed by atoms with Crippen LogP contribution in [0.1, 0.15) is 78.6 Å². The average molecular weight is 425 g/mol. The maximum absolute atomic E-state index is 12.6. The van der Waals surface area contributed by atoms with Crippen molar-refractivity contribution in [3.05, 3.63) is 24.3 Å². The number of carbonyl (C=O) groups is 2. The summed E-state index contributed by atoms with van der Waals surface area (Å²) in [6.45, 7) is 5.45. The first kappa shape index (κ1) is 24.4. The number of hydrogen-bond donors (Lipinski definition) is 0. The molecule has 1 aliphatic rings. The molecule has 1 aromatic carbocycles. The van der Waals surface area contributed by atoms with Crippen LogP contribution in [0, 0.1) is 39.4 Å². The Bertz CT molecular complexity index is 842. The minimum atomic E-state index is -1.19. The largest absolute Gasteiger partial charge is 0.426 e. The third kappa shape index (κ3) is 6.31. The molecule has 166 valence electrons. The van der Waals surface area contributed by atoms with Gasteiger partial charge in [0, 0.05) is 0 Å². The molecule has 0 saturated heterocycles. The Morgan fingerprint density at radius 1 is 1.06 bits per heavy atom. The van der Waals surface area contributed by atoms with Crippen LogP contribution in [0.3, 0.4) is 0 Å². The van der Waals surface area contributed by atoms with Gasteiger partial charge in [-0.2, -0.15) is 10.5 Å². The van der Waals surface area contributed by atoms with Gasteiger partial charge < -0.3 is 9.47 Å². The van der Waals surface area contributed by atoms with Crippen LogP contribution in [0.2, 0.25) is 0 Å². The van der Waals surface area contributed by atoms with Crippen molar-refractivity contribution in [2.75, 3.05) is 0 Å². The minimum absolute atomic E-state index is 0.203. The number of nitrogens with zero attached hydrogens (tertiary/aromatic N) is 2. The van der Waals surface area contributed by atoms with E-state index in [2.05, 4.69) is 13.0 Å². The Morgan fingerprint density at radius 3 is 2.13 bits per heavy atom. The maximum Gasteiger partial charge on any atom is 0.331 e. The summed E-state index contributed by atoms with van der Waals surface area (Å²) in [6.07, 6.45) is 7.37. The fraction of sp³-hybridized carbons (Fsp3) is 0.600. The van der Waals surface area contributed by atoms with E-state index in [4.69, 9.17) is 9.47 Å². The zero-order valence-electron chi connectivity index (χ0n) is 18.8. The molecule has 1 aromatic rings. The normalized spacial score (nSPS) is 22.4.